The zero-order valence-electron chi connectivity index (χ0n) is 11.9. The maximum Gasteiger partial charge on any atom is 0.137 e. The second kappa shape index (κ2) is 5.53. The molecule has 0 aromatic rings. The highest BCUT2D eigenvalue weighted by molar-refractivity contribution is 5.83. The summed E-state index contributed by atoms with van der Waals surface area (Å²) in [5, 5.41) is 10.6. The number of nitrogens with zero attached hydrogens (tertiary/aromatic N) is 1. The fourth-order valence-corrected chi connectivity index (χ4v) is 4.49. The second-order valence-electron chi connectivity index (χ2n) is 6.93. The highest BCUT2D eigenvalue weighted by atomic mass is 16.3. The quantitative estimate of drug-likeness (QED) is 0.852. The van der Waals surface area contributed by atoms with Crippen LogP contribution in [0.5, 0.6) is 0 Å². The van der Waals surface area contributed by atoms with Crippen molar-refractivity contribution in [3.8, 4) is 0 Å². The largest absolute Gasteiger partial charge is 0.389 e. The molecule has 1 heterocycles. The molecule has 1 N–H and O–H groups in total. The van der Waals surface area contributed by atoms with E-state index in [4.69, 9.17) is 0 Å². The lowest BCUT2D eigenvalue weighted by Gasteiger charge is -2.42. The summed E-state index contributed by atoms with van der Waals surface area (Å²) < 4.78 is 0. The van der Waals surface area contributed by atoms with Gasteiger partial charge in [-0.2, -0.15) is 0 Å². The number of piperidine rings is 1. The van der Waals surface area contributed by atoms with Crippen molar-refractivity contribution in [3.05, 3.63) is 0 Å². The number of hydrogen-bond acceptors (Lipinski definition) is 3. The molecular formula is C16H27NO2. The molecule has 2 atom stereocenters. The Hall–Kier alpha value is -0.410. The molecule has 0 radical (unpaired) electrons. The summed E-state index contributed by atoms with van der Waals surface area (Å²) in [6.07, 6.45) is 10.8. The molecule has 2 aliphatic carbocycles. The van der Waals surface area contributed by atoms with E-state index in [0.29, 0.717) is 11.8 Å². The smallest absolute Gasteiger partial charge is 0.137 e. The van der Waals surface area contributed by atoms with Crippen LogP contribution in [0.2, 0.25) is 0 Å². The van der Waals surface area contributed by atoms with Crippen molar-refractivity contribution in [2.75, 3.05) is 13.1 Å². The molecule has 0 aromatic carbocycles. The van der Waals surface area contributed by atoms with Crippen LogP contribution < -0.4 is 0 Å². The van der Waals surface area contributed by atoms with Gasteiger partial charge in [-0.25, -0.2) is 0 Å². The monoisotopic (exact) mass is 265 g/mol. The lowest BCUT2D eigenvalue weighted by atomic mass is 9.87. The summed E-state index contributed by atoms with van der Waals surface area (Å²) in [4.78, 5) is 14.5. The minimum atomic E-state index is -0.461. The van der Waals surface area contributed by atoms with Crippen LogP contribution >= 0.6 is 0 Å². The van der Waals surface area contributed by atoms with Crippen molar-refractivity contribution >= 4 is 5.78 Å². The lowest BCUT2D eigenvalue weighted by molar-refractivity contribution is -0.124. The molecule has 0 amide bonds. The van der Waals surface area contributed by atoms with E-state index < -0.39 is 5.60 Å². The van der Waals surface area contributed by atoms with Crippen LogP contribution in [0.4, 0.5) is 0 Å². The molecule has 1 saturated heterocycles. The first-order valence-electron chi connectivity index (χ1n) is 8.17. The molecule has 0 aromatic heterocycles. The third-order valence-electron chi connectivity index (χ3n) is 5.51. The van der Waals surface area contributed by atoms with Gasteiger partial charge >= 0.3 is 0 Å². The highest BCUT2D eigenvalue weighted by Crippen LogP contribution is 2.36. The van der Waals surface area contributed by atoms with Crippen molar-refractivity contribution in [1.82, 2.24) is 4.90 Å². The highest BCUT2D eigenvalue weighted by Gasteiger charge is 2.40. The van der Waals surface area contributed by atoms with Crippen LogP contribution in [-0.2, 0) is 4.79 Å². The van der Waals surface area contributed by atoms with Gasteiger partial charge in [0.25, 0.3) is 0 Å². The number of hydrogen-bond donors (Lipinski definition) is 1. The summed E-state index contributed by atoms with van der Waals surface area (Å²) in [6.45, 7) is 1.89. The van der Waals surface area contributed by atoms with Crippen molar-refractivity contribution in [1.29, 1.82) is 0 Å². The normalized spacial score (nSPS) is 35.9. The molecule has 1 aliphatic heterocycles. The number of likely N-dealkylation sites (tertiary alicyclic amines) is 1. The summed E-state index contributed by atoms with van der Waals surface area (Å²) in [6, 6.07) is 0.424. The summed E-state index contributed by atoms with van der Waals surface area (Å²) in [5.41, 5.74) is -0.461. The van der Waals surface area contributed by atoms with E-state index in [-0.39, 0.29) is 5.92 Å². The van der Waals surface area contributed by atoms with Crippen LogP contribution in [-0.4, -0.2) is 40.5 Å². The minimum Gasteiger partial charge on any atom is -0.389 e. The molecule has 3 nitrogen and oxygen atoms in total. The molecule has 19 heavy (non-hydrogen) atoms. The molecule has 0 spiro atoms. The number of Topliss-reactive ketones (excluding diaryl/α,β-unsaturated/α-hetero) is 1. The standard InChI is InChI=1S/C16H27NO2/c18-15-8-5-6-13(15)14-7-1-4-11-17(14)12-16(19)9-2-3-10-16/h13-14,19H,1-12H2. The van der Waals surface area contributed by atoms with Crippen molar-refractivity contribution in [3.63, 3.8) is 0 Å². The van der Waals surface area contributed by atoms with Gasteiger partial charge in [0.1, 0.15) is 5.78 Å². The number of β-amino-alcohol motifs (C(OH)–C–C–N with tert-alkyl or cyclic N) is 1. The molecular weight excluding hydrogens is 238 g/mol. The predicted octanol–water partition coefficient (Wildman–Crippen LogP) is 2.52. The Bertz CT molecular complexity index is 336. The Kier molecular flexibility index (Phi) is 3.95. The molecule has 3 rings (SSSR count). The minimum absolute atomic E-state index is 0.269. The van der Waals surface area contributed by atoms with Gasteiger partial charge in [-0.05, 0) is 45.1 Å². The van der Waals surface area contributed by atoms with Gasteiger partial charge in [0.05, 0.1) is 5.60 Å². The Labute approximate surface area is 116 Å². The molecule has 3 heteroatoms. The van der Waals surface area contributed by atoms with Crippen LogP contribution in [0.25, 0.3) is 0 Å². The van der Waals surface area contributed by atoms with Gasteiger partial charge in [0, 0.05) is 24.9 Å². The number of rotatable bonds is 3. The fourth-order valence-electron chi connectivity index (χ4n) is 4.49. The zero-order chi connectivity index (χ0) is 13.3. The Morgan fingerprint density at radius 2 is 1.89 bits per heavy atom. The molecule has 2 unspecified atom stereocenters. The third-order valence-corrected chi connectivity index (χ3v) is 5.51. The van der Waals surface area contributed by atoms with Gasteiger partial charge in [-0.1, -0.05) is 19.3 Å². The van der Waals surface area contributed by atoms with Crippen molar-refractivity contribution in [2.24, 2.45) is 5.92 Å². The number of carbonyl (C=O) groups excluding carboxylic acids is 1. The summed E-state index contributed by atoms with van der Waals surface area (Å²) in [7, 11) is 0. The second-order valence-corrected chi connectivity index (χ2v) is 6.93. The van der Waals surface area contributed by atoms with Crippen LogP contribution in [0, 0.1) is 5.92 Å². The van der Waals surface area contributed by atoms with Gasteiger partial charge in [-0.15, -0.1) is 0 Å². The average molecular weight is 265 g/mol. The van der Waals surface area contributed by atoms with E-state index in [2.05, 4.69) is 4.90 Å². The zero-order valence-corrected chi connectivity index (χ0v) is 11.9. The summed E-state index contributed by atoms with van der Waals surface area (Å²) in [5.74, 6) is 0.751. The number of carbonyl (C=O) groups is 1. The maximum absolute atomic E-state index is 12.0. The van der Waals surface area contributed by atoms with Gasteiger partial charge in [0.2, 0.25) is 0 Å². The van der Waals surface area contributed by atoms with Crippen LogP contribution in [0.1, 0.15) is 64.2 Å². The summed E-state index contributed by atoms with van der Waals surface area (Å²) >= 11 is 0. The van der Waals surface area contributed by atoms with Crippen LogP contribution in [0.3, 0.4) is 0 Å². The lowest BCUT2D eigenvalue weighted by Crippen LogP contribution is -2.51. The first-order chi connectivity index (χ1) is 9.18. The Balaban J connectivity index is 1.68. The number of ketones is 1. The van der Waals surface area contributed by atoms with Crippen molar-refractivity contribution < 1.29 is 9.90 Å². The van der Waals surface area contributed by atoms with E-state index in [1.54, 1.807) is 0 Å². The van der Waals surface area contributed by atoms with Gasteiger partial charge in [-0.3, -0.25) is 9.69 Å². The first kappa shape index (κ1) is 13.6. The fraction of sp³-hybridized carbons (Fsp3) is 0.938. The third kappa shape index (κ3) is 2.87. The Morgan fingerprint density at radius 1 is 1.11 bits per heavy atom. The topological polar surface area (TPSA) is 40.5 Å². The van der Waals surface area contributed by atoms with E-state index in [1.165, 1.54) is 12.8 Å². The van der Waals surface area contributed by atoms with E-state index in [0.717, 1.165) is 64.5 Å². The van der Waals surface area contributed by atoms with E-state index in [9.17, 15) is 9.90 Å². The molecule has 3 fully saturated rings. The Morgan fingerprint density at radius 3 is 2.58 bits per heavy atom. The van der Waals surface area contributed by atoms with E-state index >= 15 is 0 Å². The molecule has 3 aliphatic rings. The maximum atomic E-state index is 12.0. The average Bonchev–Trinajstić information content (AvgIpc) is 2.99. The molecule has 108 valence electrons. The van der Waals surface area contributed by atoms with Crippen molar-refractivity contribution in [2.45, 2.75) is 75.9 Å². The van der Waals surface area contributed by atoms with Gasteiger partial charge in [0.15, 0.2) is 0 Å². The van der Waals surface area contributed by atoms with Gasteiger partial charge < -0.3 is 5.11 Å². The first-order valence-corrected chi connectivity index (χ1v) is 8.17. The molecule has 2 saturated carbocycles. The van der Waals surface area contributed by atoms with Crippen LogP contribution in [0.15, 0.2) is 0 Å². The molecule has 0 bridgehead atoms. The number of aliphatic hydroxyl groups is 1. The predicted molar refractivity (Wildman–Crippen MR) is 75.0 cm³/mol. The van der Waals surface area contributed by atoms with E-state index in [1.807, 2.05) is 0 Å². The SMILES string of the molecule is O=C1CCCC1C1CCCCN1CC1(O)CCCC1.